The molecule has 3 heterocycles. The summed E-state index contributed by atoms with van der Waals surface area (Å²) in [5, 5.41) is 4.58. The minimum atomic E-state index is -0.499. The summed E-state index contributed by atoms with van der Waals surface area (Å²) in [5.41, 5.74) is 7.58. The third-order valence-corrected chi connectivity index (χ3v) is 4.49. The van der Waals surface area contributed by atoms with Gasteiger partial charge < -0.3 is 20.1 Å². The summed E-state index contributed by atoms with van der Waals surface area (Å²) in [7, 11) is 0. The van der Waals surface area contributed by atoms with Gasteiger partial charge in [-0.25, -0.2) is 0 Å². The molecule has 2 aliphatic heterocycles. The van der Waals surface area contributed by atoms with Crippen molar-refractivity contribution in [1.29, 1.82) is 0 Å². The second-order valence-corrected chi connectivity index (χ2v) is 6.43. The number of hydrogen-bond donors (Lipinski definition) is 1. The van der Waals surface area contributed by atoms with Crippen LogP contribution in [0.1, 0.15) is 48.6 Å². The molecule has 1 aromatic heterocycles. The van der Waals surface area contributed by atoms with E-state index < -0.39 is 5.91 Å². The van der Waals surface area contributed by atoms with E-state index in [4.69, 9.17) is 15.2 Å². The Labute approximate surface area is 140 Å². The Morgan fingerprint density at radius 3 is 2.71 bits per heavy atom. The summed E-state index contributed by atoms with van der Waals surface area (Å²) in [6, 6.07) is 0. The maximum absolute atomic E-state index is 12.9. The van der Waals surface area contributed by atoms with E-state index in [0.29, 0.717) is 31.7 Å². The van der Waals surface area contributed by atoms with Crippen molar-refractivity contribution in [3.63, 3.8) is 0 Å². The maximum atomic E-state index is 12.9. The number of rotatable bonds is 5. The zero-order valence-electron chi connectivity index (χ0n) is 14.3. The SMILES string of the molecule is CCn1nc2c(c1C(=O)N1CC(OCC(N)=O)C1)C[C@H](C)O[C@@H]2C. The highest BCUT2D eigenvalue weighted by atomic mass is 16.5. The van der Waals surface area contributed by atoms with Crippen molar-refractivity contribution in [2.45, 2.75) is 52.0 Å². The van der Waals surface area contributed by atoms with Crippen LogP contribution in [0.4, 0.5) is 0 Å². The van der Waals surface area contributed by atoms with Crippen molar-refractivity contribution in [3.05, 3.63) is 17.0 Å². The van der Waals surface area contributed by atoms with Crippen LogP contribution >= 0.6 is 0 Å². The largest absolute Gasteiger partial charge is 0.369 e. The van der Waals surface area contributed by atoms with Crippen LogP contribution in [0.3, 0.4) is 0 Å². The van der Waals surface area contributed by atoms with E-state index >= 15 is 0 Å². The van der Waals surface area contributed by atoms with Gasteiger partial charge in [-0.1, -0.05) is 0 Å². The number of carbonyl (C=O) groups excluding carboxylic acids is 2. The van der Waals surface area contributed by atoms with E-state index in [1.54, 1.807) is 9.58 Å². The van der Waals surface area contributed by atoms with E-state index in [2.05, 4.69) is 5.10 Å². The number of carbonyl (C=O) groups is 2. The fourth-order valence-corrected chi connectivity index (χ4v) is 3.32. The predicted octanol–water partition coefficient (Wildman–Crippen LogP) is 0.252. The van der Waals surface area contributed by atoms with Crippen LogP contribution in [0.5, 0.6) is 0 Å². The standard InChI is InChI=1S/C16H24N4O4/c1-4-20-15(12-5-9(2)24-10(3)14(12)18-20)16(22)19-6-11(7-19)23-8-13(17)21/h9-11H,4-8H2,1-3H3,(H2,17,21)/t9-,10+/m0/s1. The molecule has 3 rings (SSSR count). The minimum Gasteiger partial charge on any atom is -0.369 e. The summed E-state index contributed by atoms with van der Waals surface area (Å²) in [5.74, 6) is -0.535. The number of likely N-dealkylation sites (tertiary alicyclic amines) is 1. The smallest absolute Gasteiger partial charge is 0.272 e. The lowest BCUT2D eigenvalue weighted by molar-refractivity contribution is -0.127. The average molecular weight is 336 g/mol. The number of nitrogens with zero attached hydrogens (tertiary/aromatic N) is 3. The zero-order valence-corrected chi connectivity index (χ0v) is 14.3. The fraction of sp³-hybridized carbons (Fsp3) is 0.688. The Morgan fingerprint density at radius 1 is 1.38 bits per heavy atom. The summed E-state index contributed by atoms with van der Waals surface area (Å²) >= 11 is 0. The van der Waals surface area contributed by atoms with Gasteiger partial charge in [0.05, 0.1) is 24.0 Å². The third kappa shape index (κ3) is 3.03. The van der Waals surface area contributed by atoms with Crippen LogP contribution in [0.15, 0.2) is 0 Å². The first-order valence-corrected chi connectivity index (χ1v) is 8.34. The Morgan fingerprint density at radius 2 is 2.08 bits per heavy atom. The van der Waals surface area contributed by atoms with E-state index in [0.717, 1.165) is 11.3 Å². The lowest BCUT2D eigenvalue weighted by Gasteiger charge is -2.39. The van der Waals surface area contributed by atoms with Gasteiger partial charge in [0.2, 0.25) is 5.91 Å². The quantitative estimate of drug-likeness (QED) is 0.831. The number of ether oxygens (including phenoxy) is 2. The van der Waals surface area contributed by atoms with E-state index in [-0.39, 0.29) is 30.8 Å². The fourth-order valence-electron chi connectivity index (χ4n) is 3.32. The third-order valence-electron chi connectivity index (χ3n) is 4.49. The molecule has 0 saturated carbocycles. The van der Waals surface area contributed by atoms with E-state index in [9.17, 15) is 9.59 Å². The molecule has 0 unspecified atom stereocenters. The van der Waals surface area contributed by atoms with Gasteiger partial charge in [0.15, 0.2) is 0 Å². The number of aryl methyl sites for hydroxylation is 1. The van der Waals surface area contributed by atoms with Crippen LogP contribution in [0, 0.1) is 0 Å². The molecule has 0 bridgehead atoms. The number of fused-ring (bicyclic) bond motifs is 1. The molecular formula is C16H24N4O4. The van der Waals surface area contributed by atoms with Crippen molar-refractivity contribution in [2.24, 2.45) is 5.73 Å². The monoisotopic (exact) mass is 336 g/mol. The molecule has 1 saturated heterocycles. The zero-order chi connectivity index (χ0) is 17.4. The first-order valence-electron chi connectivity index (χ1n) is 8.34. The molecule has 0 radical (unpaired) electrons. The van der Waals surface area contributed by atoms with Crippen molar-refractivity contribution in [2.75, 3.05) is 19.7 Å². The van der Waals surface area contributed by atoms with Crippen LogP contribution in [0.25, 0.3) is 0 Å². The molecular weight excluding hydrogens is 312 g/mol. The molecule has 132 valence electrons. The van der Waals surface area contributed by atoms with Crippen molar-refractivity contribution in [3.8, 4) is 0 Å². The molecule has 2 amide bonds. The Hall–Kier alpha value is -1.93. The molecule has 2 N–H and O–H groups in total. The Balaban J connectivity index is 1.75. The topological polar surface area (TPSA) is 99.7 Å². The molecule has 0 aromatic carbocycles. The molecule has 1 fully saturated rings. The first kappa shape index (κ1) is 16.9. The van der Waals surface area contributed by atoms with Gasteiger partial charge in [-0.05, 0) is 20.8 Å². The minimum absolute atomic E-state index is 0.0363. The van der Waals surface area contributed by atoms with Crippen LogP contribution in [-0.4, -0.2) is 58.4 Å². The lowest BCUT2D eigenvalue weighted by Crippen LogP contribution is -2.55. The Bertz CT molecular complexity index is 651. The van der Waals surface area contributed by atoms with Crippen molar-refractivity contribution < 1.29 is 19.1 Å². The highest BCUT2D eigenvalue weighted by Crippen LogP contribution is 2.32. The van der Waals surface area contributed by atoms with E-state index in [1.165, 1.54) is 0 Å². The summed E-state index contributed by atoms with van der Waals surface area (Å²) < 4.78 is 12.9. The van der Waals surface area contributed by atoms with Crippen molar-refractivity contribution in [1.82, 2.24) is 14.7 Å². The summed E-state index contributed by atoms with van der Waals surface area (Å²) in [4.78, 5) is 25.4. The molecule has 24 heavy (non-hydrogen) atoms. The van der Waals surface area contributed by atoms with Crippen LogP contribution in [0.2, 0.25) is 0 Å². The van der Waals surface area contributed by atoms with Gasteiger partial charge in [0, 0.05) is 31.6 Å². The number of aromatic nitrogens is 2. The van der Waals surface area contributed by atoms with E-state index in [1.807, 2.05) is 20.8 Å². The van der Waals surface area contributed by atoms with Crippen molar-refractivity contribution >= 4 is 11.8 Å². The molecule has 8 nitrogen and oxygen atoms in total. The van der Waals surface area contributed by atoms with Gasteiger partial charge in [0.25, 0.3) is 5.91 Å². The average Bonchev–Trinajstić information content (AvgIpc) is 2.83. The lowest BCUT2D eigenvalue weighted by atomic mass is 9.98. The summed E-state index contributed by atoms with van der Waals surface area (Å²) in [6.45, 7) is 7.40. The molecule has 0 spiro atoms. The number of nitrogens with two attached hydrogens (primary N) is 1. The number of amides is 2. The van der Waals surface area contributed by atoms with Gasteiger partial charge in [0.1, 0.15) is 12.3 Å². The molecule has 0 aliphatic carbocycles. The maximum Gasteiger partial charge on any atom is 0.272 e. The van der Waals surface area contributed by atoms with Gasteiger partial charge in [-0.3, -0.25) is 14.3 Å². The normalized spacial score (nSPS) is 23.7. The molecule has 2 atom stereocenters. The molecule has 8 heteroatoms. The summed E-state index contributed by atoms with van der Waals surface area (Å²) in [6.07, 6.45) is 0.523. The number of hydrogen-bond acceptors (Lipinski definition) is 5. The molecule has 1 aromatic rings. The van der Waals surface area contributed by atoms with Gasteiger partial charge in [-0.2, -0.15) is 5.10 Å². The number of primary amides is 1. The van der Waals surface area contributed by atoms with Crippen LogP contribution in [-0.2, 0) is 27.2 Å². The first-order chi connectivity index (χ1) is 11.4. The second-order valence-electron chi connectivity index (χ2n) is 6.43. The highest BCUT2D eigenvalue weighted by molar-refractivity contribution is 5.95. The predicted molar refractivity (Wildman–Crippen MR) is 85.4 cm³/mol. The second kappa shape index (κ2) is 6.52. The molecule has 2 aliphatic rings. The Kier molecular flexibility index (Phi) is 4.60. The highest BCUT2D eigenvalue weighted by Gasteiger charge is 2.38. The van der Waals surface area contributed by atoms with Gasteiger partial charge in [-0.15, -0.1) is 0 Å². The van der Waals surface area contributed by atoms with Gasteiger partial charge >= 0.3 is 0 Å². The van der Waals surface area contributed by atoms with Crippen LogP contribution < -0.4 is 5.73 Å².